The average Bonchev–Trinajstić information content (AvgIpc) is 3.04. The maximum atomic E-state index is 11.1. The summed E-state index contributed by atoms with van der Waals surface area (Å²) in [5.74, 6) is 3.83. The Morgan fingerprint density at radius 1 is 1.00 bits per heavy atom. The van der Waals surface area contributed by atoms with E-state index in [1.165, 1.54) is 44.9 Å². The van der Waals surface area contributed by atoms with Crippen molar-refractivity contribution >= 4 is 5.97 Å². The molecule has 0 aromatic heterocycles. The van der Waals surface area contributed by atoms with E-state index in [2.05, 4.69) is 27.7 Å². The summed E-state index contributed by atoms with van der Waals surface area (Å²) >= 11 is 0. The molecule has 4 fully saturated rings. The first-order valence-electron chi connectivity index (χ1n) is 12.6. The van der Waals surface area contributed by atoms with Crippen LogP contribution in [0.5, 0.6) is 0 Å². The van der Waals surface area contributed by atoms with E-state index in [1.807, 2.05) is 0 Å². The summed E-state index contributed by atoms with van der Waals surface area (Å²) in [6.07, 6.45) is 13.3. The van der Waals surface area contributed by atoms with Crippen molar-refractivity contribution in [2.75, 3.05) is 0 Å². The summed E-state index contributed by atoms with van der Waals surface area (Å²) in [5, 5.41) is 20.1. The Balaban J connectivity index is 1.50. The molecule has 2 N–H and O–H groups in total. The summed E-state index contributed by atoms with van der Waals surface area (Å²) < 4.78 is 0. The Labute approximate surface area is 178 Å². The van der Waals surface area contributed by atoms with Crippen molar-refractivity contribution in [2.45, 2.75) is 110 Å². The van der Waals surface area contributed by atoms with E-state index in [9.17, 15) is 9.90 Å². The lowest BCUT2D eigenvalue weighted by molar-refractivity contribution is -0.153. The Bertz CT molecular complexity index is 631. The number of carboxylic acids is 1. The molecule has 0 spiro atoms. The average molecular weight is 405 g/mol. The van der Waals surface area contributed by atoms with Gasteiger partial charge in [-0.1, -0.05) is 27.7 Å². The quantitative estimate of drug-likeness (QED) is 0.566. The molecular formula is C26H44O3. The van der Waals surface area contributed by atoms with E-state index < -0.39 is 11.6 Å². The van der Waals surface area contributed by atoms with Gasteiger partial charge in [-0.15, -0.1) is 0 Å². The minimum atomic E-state index is -0.643. The zero-order valence-electron chi connectivity index (χ0n) is 19.3. The number of hydrogen-bond donors (Lipinski definition) is 2. The smallest absolute Gasteiger partial charge is 0.303 e. The topological polar surface area (TPSA) is 57.5 Å². The van der Waals surface area contributed by atoms with E-state index in [-0.39, 0.29) is 0 Å². The van der Waals surface area contributed by atoms with Crippen LogP contribution in [0.25, 0.3) is 0 Å². The minimum Gasteiger partial charge on any atom is -0.481 e. The lowest BCUT2D eigenvalue weighted by Crippen LogP contribution is -2.56. The first kappa shape index (κ1) is 21.7. The van der Waals surface area contributed by atoms with E-state index in [4.69, 9.17) is 5.11 Å². The first-order valence-corrected chi connectivity index (χ1v) is 12.6. The molecule has 4 aliphatic carbocycles. The molecule has 1 unspecified atom stereocenters. The van der Waals surface area contributed by atoms with Crippen molar-refractivity contribution in [1.29, 1.82) is 0 Å². The molecule has 3 heteroatoms. The molecule has 0 saturated heterocycles. The van der Waals surface area contributed by atoms with Gasteiger partial charge < -0.3 is 10.2 Å². The Hall–Kier alpha value is -0.570. The third kappa shape index (κ3) is 3.48. The summed E-state index contributed by atoms with van der Waals surface area (Å²) in [6.45, 7) is 9.62. The minimum absolute atomic E-state index is 0.324. The van der Waals surface area contributed by atoms with Crippen LogP contribution in [-0.4, -0.2) is 21.8 Å². The summed E-state index contributed by atoms with van der Waals surface area (Å²) in [6, 6.07) is 0. The number of aliphatic carboxylic acids is 1. The molecule has 166 valence electrons. The standard InChI is InChI=1S/C26H44O3/c1-5-26(29)15-14-24(3)18(16-26)7-8-19-21-10-9-20(17(2)6-11-23(27)28)25(21,4)13-12-22(19)24/h17-22,29H,5-16H2,1-4H3,(H,27,28)/t17-,18-,19+,20-,21+,22?,24+,25-,26+/m1/s1. The van der Waals surface area contributed by atoms with Crippen molar-refractivity contribution in [3.05, 3.63) is 0 Å². The Kier molecular flexibility index (Phi) is 5.63. The molecule has 0 amide bonds. The van der Waals surface area contributed by atoms with Crippen LogP contribution in [-0.2, 0) is 4.79 Å². The molecule has 9 atom stereocenters. The molecule has 4 saturated carbocycles. The summed E-state index contributed by atoms with van der Waals surface area (Å²) in [5.41, 5.74) is 0.442. The van der Waals surface area contributed by atoms with E-state index in [1.54, 1.807) is 0 Å². The largest absolute Gasteiger partial charge is 0.481 e. The van der Waals surface area contributed by atoms with Gasteiger partial charge in [0.15, 0.2) is 0 Å². The fraction of sp³-hybridized carbons (Fsp3) is 0.962. The van der Waals surface area contributed by atoms with Crippen molar-refractivity contribution in [1.82, 2.24) is 0 Å². The van der Waals surface area contributed by atoms with E-state index in [0.29, 0.717) is 35.0 Å². The SMILES string of the molecule is CC[C@]1(O)CC[C@]2(C)C3CC[C@]4(C)[C@@H]([C@H](C)CCC(=O)O)CC[C@H]4[C@@H]3CC[C@@H]2C1. The van der Waals surface area contributed by atoms with Crippen LogP contribution in [0.1, 0.15) is 105 Å². The predicted octanol–water partition coefficient (Wildman–Crippen LogP) is 6.29. The van der Waals surface area contributed by atoms with Gasteiger partial charge in [0.05, 0.1) is 5.60 Å². The molecule has 0 heterocycles. The number of fused-ring (bicyclic) bond motifs is 5. The third-order valence-corrected chi connectivity index (χ3v) is 11.1. The Morgan fingerprint density at radius 3 is 2.41 bits per heavy atom. The highest BCUT2D eigenvalue weighted by Crippen LogP contribution is 2.69. The molecule has 0 bridgehead atoms. The molecule has 0 radical (unpaired) electrons. The number of rotatable bonds is 5. The third-order valence-electron chi connectivity index (χ3n) is 11.1. The molecule has 0 aromatic rings. The first-order chi connectivity index (χ1) is 13.6. The van der Waals surface area contributed by atoms with Gasteiger partial charge in [0.25, 0.3) is 0 Å². The fourth-order valence-corrected chi connectivity index (χ4v) is 9.17. The molecular weight excluding hydrogens is 360 g/mol. The van der Waals surface area contributed by atoms with Gasteiger partial charge in [0, 0.05) is 6.42 Å². The van der Waals surface area contributed by atoms with Gasteiger partial charge in [0.2, 0.25) is 0 Å². The van der Waals surface area contributed by atoms with Crippen molar-refractivity contribution < 1.29 is 15.0 Å². The van der Waals surface area contributed by atoms with Gasteiger partial charge >= 0.3 is 5.97 Å². The molecule has 4 rings (SSSR count). The zero-order chi connectivity index (χ0) is 21.0. The van der Waals surface area contributed by atoms with Gasteiger partial charge in [-0.2, -0.15) is 0 Å². The van der Waals surface area contributed by atoms with Crippen LogP contribution in [0.15, 0.2) is 0 Å². The highest BCUT2D eigenvalue weighted by molar-refractivity contribution is 5.66. The normalized spacial score (nSPS) is 50.3. The lowest BCUT2D eigenvalue weighted by atomic mass is 9.43. The van der Waals surface area contributed by atoms with Gasteiger partial charge in [-0.05, 0) is 117 Å². The second-order valence-corrected chi connectivity index (χ2v) is 12.1. The maximum Gasteiger partial charge on any atom is 0.303 e. The van der Waals surface area contributed by atoms with Crippen LogP contribution >= 0.6 is 0 Å². The number of aliphatic hydroxyl groups is 1. The van der Waals surface area contributed by atoms with Crippen molar-refractivity contribution in [3.8, 4) is 0 Å². The highest BCUT2D eigenvalue weighted by Gasteiger charge is 2.61. The second-order valence-electron chi connectivity index (χ2n) is 12.1. The van der Waals surface area contributed by atoms with Crippen LogP contribution in [0.4, 0.5) is 0 Å². The Morgan fingerprint density at radius 2 is 1.72 bits per heavy atom. The van der Waals surface area contributed by atoms with Gasteiger partial charge in [-0.3, -0.25) is 4.79 Å². The lowest BCUT2D eigenvalue weighted by Gasteiger charge is -2.62. The number of hydrogen-bond acceptors (Lipinski definition) is 2. The summed E-state index contributed by atoms with van der Waals surface area (Å²) in [7, 11) is 0. The van der Waals surface area contributed by atoms with E-state index >= 15 is 0 Å². The molecule has 4 aliphatic rings. The van der Waals surface area contributed by atoms with Crippen LogP contribution in [0.2, 0.25) is 0 Å². The second kappa shape index (κ2) is 7.53. The predicted molar refractivity (Wildman–Crippen MR) is 116 cm³/mol. The van der Waals surface area contributed by atoms with Crippen LogP contribution in [0, 0.1) is 46.3 Å². The summed E-state index contributed by atoms with van der Waals surface area (Å²) in [4.78, 5) is 11.1. The molecule has 29 heavy (non-hydrogen) atoms. The molecule has 0 aliphatic heterocycles. The number of carbonyl (C=O) groups is 1. The van der Waals surface area contributed by atoms with Crippen molar-refractivity contribution in [2.24, 2.45) is 46.3 Å². The number of carboxylic acid groups (broad SMARTS) is 1. The van der Waals surface area contributed by atoms with Gasteiger partial charge in [0.1, 0.15) is 0 Å². The molecule has 3 nitrogen and oxygen atoms in total. The zero-order valence-corrected chi connectivity index (χ0v) is 19.3. The van der Waals surface area contributed by atoms with Crippen molar-refractivity contribution in [3.63, 3.8) is 0 Å². The van der Waals surface area contributed by atoms with Crippen LogP contribution in [0.3, 0.4) is 0 Å². The molecule has 0 aromatic carbocycles. The van der Waals surface area contributed by atoms with Crippen LogP contribution < -0.4 is 0 Å². The maximum absolute atomic E-state index is 11.1. The fourth-order valence-electron chi connectivity index (χ4n) is 9.17. The monoisotopic (exact) mass is 404 g/mol. The van der Waals surface area contributed by atoms with Gasteiger partial charge in [-0.25, -0.2) is 0 Å². The highest BCUT2D eigenvalue weighted by atomic mass is 16.4. The van der Waals surface area contributed by atoms with E-state index in [0.717, 1.165) is 43.4 Å².